The zero-order valence-electron chi connectivity index (χ0n) is 12.9. The van der Waals surface area contributed by atoms with Crippen molar-refractivity contribution in [3.05, 3.63) is 54.6 Å². The second-order valence-electron chi connectivity index (χ2n) is 4.90. The van der Waals surface area contributed by atoms with Gasteiger partial charge in [-0.1, -0.05) is 18.2 Å². The maximum atomic E-state index is 11.8. The predicted octanol–water partition coefficient (Wildman–Crippen LogP) is 3.23. The fourth-order valence-corrected chi connectivity index (χ4v) is 1.83. The molecule has 2 aromatic rings. The van der Waals surface area contributed by atoms with Gasteiger partial charge < -0.3 is 14.4 Å². The number of amides is 1. The van der Waals surface area contributed by atoms with Crippen LogP contribution >= 0.6 is 0 Å². The highest BCUT2D eigenvalue weighted by atomic mass is 16.5. The summed E-state index contributed by atoms with van der Waals surface area (Å²) in [7, 11) is 1.65. The van der Waals surface area contributed by atoms with Crippen molar-refractivity contribution in [2.75, 3.05) is 20.2 Å². The Kier molecular flexibility index (Phi) is 6.01. The Morgan fingerprint density at radius 2 is 1.65 bits per heavy atom. The number of hydrogen-bond acceptors (Lipinski definition) is 4. The Balaban J connectivity index is 1.83. The minimum Gasteiger partial charge on any atom is -0.484 e. The monoisotopic (exact) mass is 310 g/mol. The summed E-state index contributed by atoms with van der Waals surface area (Å²) in [5, 5.41) is 8.51. The first kappa shape index (κ1) is 16.4. The first-order valence-corrected chi connectivity index (χ1v) is 7.25. The van der Waals surface area contributed by atoms with Crippen LogP contribution in [0.15, 0.2) is 54.6 Å². The number of carbonyl (C=O) groups excluding carboxylic acids is 1. The van der Waals surface area contributed by atoms with Gasteiger partial charge in [0.25, 0.3) is 5.91 Å². The van der Waals surface area contributed by atoms with Crippen LogP contribution in [0.2, 0.25) is 0 Å². The number of likely N-dealkylation sites (N-methyl/N-ethyl adjacent to an activating group) is 1. The number of nitrogens with zero attached hydrogens (tertiary/aromatic N) is 2. The molecule has 0 N–H and O–H groups in total. The molecule has 23 heavy (non-hydrogen) atoms. The number of rotatable bonds is 7. The Bertz CT molecular complexity index is 663. The molecule has 0 spiro atoms. The molecule has 118 valence electrons. The quantitative estimate of drug-likeness (QED) is 0.787. The van der Waals surface area contributed by atoms with Crippen LogP contribution in [0.4, 0.5) is 0 Å². The summed E-state index contributed by atoms with van der Waals surface area (Å²) in [4.78, 5) is 13.3. The summed E-state index contributed by atoms with van der Waals surface area (Å²) in [5.74, 6) is 1.88. The zero-order chi connectivity index (χ0) is 16.5. The smallest absolute Gasteiger partial charge is 0.260 e. The number of ether oxygens (including phenoxy) is 2. The lowest BCUT2D eigenvalue weighted by molar-refractivity contribution is -0.131. The van der Waals surface area contributed by atoms with E-state index in [0.29, 0.717) is 24.5 Å². The molecule has 0 heterocycles. The topological polar surface area (TPSA) is 62.6 Å². The molecule has 0 aromatic heterocycles. The van der Waals surface area contributed by atoms with Crippen molar-refractivity contribution < 1.29 is 14.3 Å². The minimum absolute atomic E-state index is 0.0547. The van der Waals surface area contributed by atoms with E-state index in [-0.39, 0.29) is 12.5 Å². The van der Waals surface area contributed by atoms with E-state index >= 15 is 0 Å². The maximum Gasteiger partial charge on any atom is 0.260 e. The van der Waals surface area contributed by atoms with Gasteiger partial charge in [-0.25, -0.2) is 0 Å². The van der Waals surface area contributed by atoms with Crippen molar-refractivity contribution in [2.45, 2.75) is 6.42 Å². The molecule has 1 amide bonds. The molecule has 0 aliphatic carbocycles. The van der Waals surface area contributed by atoms with Crippen LogP contribution in [-0.2, 0) is 4.79 Å². The number of carbonyl (C=O) groups is 1. The average molecular weight is 310 g/mol. The largest absolute Gasteiger partial charge is 0.484 e. The highest BCUT2D eigenvalue weighted by molar-refractivity contribution is 5.77. The van der Waals surface area contributed by atoms with E-state index in [1.807, 2.05) is 36.4 Å². The Labute approximate surface area is 135 Å². The molecule has 0 unspecified atom stereocenters. The number of benzene rings is 2. The average Bonchev–Trinajstić information content (AvgIpc) is 2.59. The Morgan fingerprint density at radius 3 is 2.30 bits per heavy atom. The van der Waals surface area contributed by atoms with Crippen molar-refractivity contribution in [2.24, 2.45) is 0 Å². The molecule has 0 fully saturated rings. The normalized spacial score (nSPS) is 9.74. The number of hydrogen-bond donors (Lipinski definition) is 0. The Hall–Kier alpha value is -3.00. The molecule has 2 aromatic carbocycles. The fraction of sp³-hybridized carbons (Fsp3) is 0.222. The summed E-state index contributed by atoms with van der Waals surface area (Å²) < 4.78 is 11.1. The third-order valence-corrected chi connectivity index (χ3v) is 3.15. The first-order valence-electron chi connectivity index (χ1n) is 7.25. The van der Waals surface area contributed by atoms with Gasteiger partial charge >= 0.3 is 0 Å². The van der Waals surface area contributed by atoms with Gasteiger partial charge in [-0.3, -0.25) is 4.79 Å². The molecule has 0 atom stereocenters. The molecule has 5 nitrogen and oxygen atoms in total. The lowest BCUT2D eigenvalue weighted by Crippen LogP contribution is -2.32. The van der Waals surface area contributed by atoms with Crippen LogP contribution in [0.5, 0.6) is 17.2 Å². The molecule has 0 radical (unpaired) electrons. The minimum atomic E-state index is -0.162. The lowest BCUT2D eigenvalue weighted by Gasteiger charge is -2.15. The number of nitriles is 1. The van der Waals surface area contributed by atoms with Crippen molar-refractivity contribution >= 4 is 5.91 Å². The second kappa shape index (κ2) is 8.44. The summed E-state index contributed by atoms with van der Waals surface area (Å²) in [5.41, 5.74) is 0. The summed E-state index contributed by atoms with van der Waals surface area (Å²) in [6.07, 6.45) is 0.313. The number of para-hydroxylation sites is 1. The standard InChI is InChI=1S/C18H18N2O3/c1-20(13-5-12-19)18(21)14-22-15-8-10-17(11-9-15)23-16-6-3-2-4-7-16/h2-4,6-11H,5,13-14H2,1H3. The van der Waals surface area contributed by atoms with Gasteiger partial charge in [0.05, 0.1) is 12.5 Å². The van der Waals surface area contributed by atoms with E-state index in [0.717, 1.165) is 5.75 Å². The van der Waals surface area contributed by atoms with E-state index < -0.39 is 0 Å². The van der Waals surface area contributed by atoms with Crippen molar-refractivity contribution in [3.63, 3.8) is 0 Å². The van der Waals surface area contributed by atoms with E-state index in [1.165, 1.54) is 4.90 Å². The fourth-order valence-electron chi connectivity index (χ4n) is 1.83. The first-order chi connectivity index (χ1) is 11.2. The highest BCUT2D eigenvalue weighted by Crippen LogP contribution is 2.23. The van der Waals surface area contributed by atoms with Crippen LogP contribution in [0.1, 0.15) is 6.42 Å². The molecule has 0 saturated heterocycles. The van der Waals surface area contributed by atoms with Gasteiger partial charge in [0.15, 0.2) is 6.61 Å². The van der Waals surface area contributed by atoms with Gasteiger partial charge in [0.2, 0.25) is 0 Å². The van der Waals surface area contributed by atoms with Crippen LogP contribution in [0.25, 0.3) is 0 Å². The van der Waals surface area contributed by atoms with Crippen molar-refractivity contribution in [3.8, 4) is 23.3 Å². The van der Waals surface area contributed by atoms with Crippen LogP contribution in [0, 0.1) is 11.3 Å². The molecule has 0 aliphatic heterocycles. The van der Waals surface area contributed by atoms with Gasteiger partial charge in [-0.05, 0) is 36.4 Å². The van der Waals surface area contributed by atoms with E-state index in [9.17, 15) is 4.79 Å². The maximum absolute atomic E-state index is 11.8. The van der Waals surface area contributed by atoms with E-state index in [2.05, 4.69) is 0 Å². The molecule has 5 heteroatoms. The van der Waals surface area contributed by atoms with E-state index in [4.69, 9.17) is 14.7 Å². The third-order valence-electron chi connectivity index (χ3n) is 3.15. The van der Waals surface area contributed by atoms with Gasteiger partial charge in [0, 0.05) is 13.6 Å². The van der Waals surface area contributed by atoms with Crippen LogP contribution in [-0.4, -0.2) is 31.0 Å². The molecule has 0 saturated carbocycles. The summed E-state index contributed by atoms with van der Waals surface area (Å²) in [6, 6.07) is 18.6. The van der Waals surface area contributed by atoms with Gasteiger partial charge in [-0.15, -0.1) is 0 Å². The zero-order valence-corrected chi connectivity index (χ0v) is 12.9. The molecule has 0 aliphatic rings. The Morgan fingerprint density at radius 1 is 1.04 bits per heavy atom. The molecule has 2 rings (SSSR count). The SMILES string of the molecule is CN(CCC#N)C(=O)COc1ccc(Oc2ccccc2)cc1. The summed E-state index contributed by atoms with van der Waals surface area (Å²) >= 11 is 0. The highest BCUT2D eigenvalue weighted by Gasteiger charge is 2.09. The van der Waals surface area contributed by atoms with Crippen LogP contribution in [0.3, 0.4) is 0 Å². The van der Waals surface area contributed by atoms with Gasteiger partial charge in [0.1, 0.15) is 17.2 Å². The predicted molar refractivity (Wildman–Crippen MR) is 86.3 cm³/mol. The van der Waals surface area contributed by atoms with E-state index in [1.54, 1.807) is 31.3 Å². The van der Waals surface area contributed by atoms with Crippen molar-refractivity contribution in [1.29, 1.82) is 5.26 Å². The van der Waals surface area contributed by atoms with Gasteiger partial charge in [-0.2, -0.15) is 5.26 Å². The summed E-state index contributed by atoms with van der Waals surface area (Å²) in [6.45, 7) is 0.351. The third kappa shape index (κ3) is 5.36. The molecular formula is C18H18N2O3. The van der Waals surface area contributed by atoms with Crippen molar-refractivity contribution in [1.82, 2.24) is 4.90 Å². The van der Waals surface area contributed by atoms with Crippen LogP contribution < -0.4 is 9.47 Å². The lowest BCUT2D eigenvalue weighted by atomic mass is 10.3. The second-order valence-corrected chi connectivity index (χ2v) is 4.90. The molecule has 0 bridgehead atoms. The molecular weight excluding hydrogens is 292 g/mol.